The molecule has 0 heterocycles. The van der Waals surface area contributed by atoms with E-state index in [2.05, 4.69) is 55.5 Å². The third-order valence-electron chi connectivity index (χ3n) is 4.81. The summed E-state index contributed by atoms with van der Waals surface area (Å²) in [6.07, 6.45) is 6.35. The monoisotopic (exact) mass is 339 g/mol. The molecule has 1 saturated carbocycles. The Labute approximate surface area is 150 Å². The predicted molar refractivity (Wildman–Crippen MR) is 103 cm³/mol. The van der Waals surface area contributed by atoms with Crippen LogP contribution in [-0.2, 0) is 6.42 Å². The molecule has 1 aliphatic rings. The second-order valence-electron chi connectivity index (χ2n) is 6.78. The molecule has 1 N–H and O–H groups in total. The molecule has 2 nitrogen and oxygen atoms in total. The molecule has 0 saturated heterocycles. The van der Waals surface area contributed by atoms with Crippen LogP contribution < -0.4 is 0 Å². The summed E-state index contributed by atoms with van der Waals surface area (Å²) in [5.41, 5.74) is 4.82. The van der Waals surface area contributed by atoms with Gasteiger partial charge >= 0.3 is 0 Å². The molecule has 0 bridgehead atoms. The second-order valence-corrected chi connectivity index (χ2v) is 7.25. The molecule has 0 atom stereocenters. The van der Waals surface area contributed by atoms with Crippen LogP contribution in [0.4, 0.5) is 0 Å². The second kappa shape index (κ2) is 7.91. The summed E-state index contributed by atoms with van der Waals surface area (Å²) in [5.74, 6) is 0. The molecule has 0 aliphatic heterocycles. The number of benzene rings is 2. The lowest BCUT2D eigenvalue weighted by Crippen LogP contribution is -2.38. The van der Waals surface area contributed by atoms with Gasteiger partial charge < -0.3 is 0 Å². The van der Waals surface area contributed by atoms with E-state index in [9.17, 15) is 5.21 Å². The van der Waals surface area contributed by atoms with E-state index in [1.54, 1.807) is 0 Å². The molecule has 0 radical (unpaired) electrons. The Morgan fingerprint density at radius 2 is 1.71 bits per heavy atom. The molecular weight excluding hydrogens is 314 g/mol. The highest BCUT2D eigenvalue weighted by Crippen LogP contribution is 2.24. The fourth-order valence-electron chi connectivity index (χ4n) is 3.47. The summed E-state index contributed by atoms with van der Waals surface area (Å²) in [6.45, 7) is 2.11. The van der Waals surface area contributed by atoms with Gasteiger partial charge in [-0.3, -0.25) is 5.21 Å². The molecule has 3 heteroatoms. The van der Waals surface area contributed by atoms with Crippen molar-refractivity contribution in [1.82, 2.24) is 5.06 Å². The molecule has 2 aromatic rings. The summed E-state index contributed by atoms with van der Waals surface area (Å²) in [7, 11) is 0. The highest BCUT2D eigenvalue weighted by Gasteiger charge is 2.21. The van der Waals surface area contributed by atoms with Gasteiger partial charge in [-0.1, -0.05) is 85.6 Å². The van der Waals surface area contributed by atoms with Crippen molar-refractivity contribution in [3.63, 3.8) is 0 Å². The number of thiocarbonyl (C=S) groups is 1. The lowest BCUT2D eigenvalue weighted by Gasteiger charge is -2.31. The minimum absolute atomic E-state index is 0.200. The molecule has 0 unspecified atom stereocenters. The number of nitrogens with zero attached hydrogens (tertiary/aromatic N) is 1. The Balaban J connectivity index is 1.71. The summed E-state index contributed by atoms with van der Waals surface area (Å²) in [4.78, 5) is 0.628. The Morgan fingerprint density at radius 1 is 1.04 bits per heavy atom. The predicted octanol–water partition coefficient (Wildman–Crippen LogP) is 5.56. The van der Waals surface area contributed by atoms with E-state index in [1.165, 1.54) is 41.0 Å². The van der Waals surface area contributed by atoms with E-state index in [-0.39, 0.29) is 6.04 Å². The van der Waals surface area contributed by atoms with E-state index < -0.39 is 0 Å². The van der Waals surface area contributed by atoms with Crippen LogP contribution >= 0.6 is 12.2 Å². The van der Waals surface area contributed by atoms with Crippen molar-refractivity contribution >= 4 is 17.2 Å². The fourth-order valence-corrected chi connectivity index (χ4v) is 3.79. The van der Waals surface area contributed by atoms with Crippen molar-refractivity contribution in [3.8, 4) is 11.1 Å². The first kappa shape index (κ1) is 17.1. The van der Waals surface area contributed by atoms with Crippen LogP contribution in [0.5, 0.6) is 0 Å². The zero-order valence-electron chi connectivity index (χ0n) is 14.2. The van der Waals surface area contributed by atoms with E-state index in [0.717, 1.165) is 18.4 Å². The molecule has 126 valence electrons. The highest BCUT2D eigenvalue weighted by atomic mass is 32.1. The van der Waals surface area contributed by atoms with Gasteiger partial charge in [0.2, 0.25) is 0 Å². The molecule has 1 fully saturated rings. The van der Waals surface area contributed by atoms with Gasteiger partial charge in [-0.05, 0) is 36.5 Å². The largest absolute Gasteiger partial charge is 0.288 e. The quantitative estimate of drug-likeness (QED) is 0.583. The van der Waals surface area contributed by atoms with Gasteiger partial charge in [-0.25, -0.2) is 5.06 Å². The Hall–Kier alpha value is -1.71. The molecule has 0 aromatic heterocycles. The fraction of sp³-hybridized carbons (Fsp3) is 0.381. The average molecular weight is 340 g/mol. The normalized spacial score (nSPS) is 15.2. The summed E-state index contributed by atoms with van der Waals surface area (Å²) < 4.78 is 0. The van der Waals surface area contributed by atoms with Crippen LogP contribution in [0.15, 0.2) is 48.5 Å². The number of hydrogen-bond donors (Lipinski definition) is 1. The van der Waals surface area contributed by atoms with Crippen LogP contribution in [-0.4, -0.2) is 21.3 Å². The average Bonchev–Trinajstić information content (AvgIpc) is 2.62. The number of aryl methyl sites for hydroxylation is 1. The molecule has 2 aromatic carbocycles. The SMILES string of the molecule is Cc1cccc(-c2cccc(CC(=S)N(O)C3CCCCC3)c2)c1. The van der Waals surface area contributed by atoms with Gasteiger partial charge in [-0.2, -0.15) is 0 Å². The minimum Gasteiger partial charge on any atom is -0.288 e. The molecule has 0 amide bonds. The minimum atomic E-state index is 0.200. The van der Waals surface area contributed by atoms with Gasteiger partial charge in [0, 0.05) is 6.42 Å². The maximum atomic E-state index is 10.4. The summed E-state index contributed by atoms with van der Waals surface area (Å²) in [5, 5.41) is 11.8. The van der Waals surface area contributed by atoms with Crippen molar-refractivity contribution in [3.05, 3.63) is 59.7 Å². The molecule has 3 rings (SSSR count). The van der Waals surface area contributed by atoms with Crippen LogP contribution in [0.25, 0.3) is 11.1 Å². The Kier molecular flexibility index (Phi) is 5.64. The highest BCUT2D eigenvalue weighted by molar-refractivity contribution is 7.80. The Morgan fingerprint density at radius 3 is 2.42 bits per heavy atom. The van der Waals surface area contributed by atoms with Crippen LogP contribution in [0, 0.1) is 6.92 Å². The summed E-state index contributed by atoms with van der Waals surface area (Å²) >= 11 is 5.50. The first-order chi connectivity index (χ1) is 11.6. The summed E-state index contributed by atoms with van der Waals surface area (Å²) in [6, 6.07) is 17.2. The molecular formula is C21H25NOS. The van der Waals surface area contributed by atoms with E-state index in [0.29, 0.717) is 11.4 Å². The third kappa shape index (κ3) is 4.22. The zero-order chi connectivity index (χ0) is 16.9. The molecule has 24 heavy (non-hydrogen) atoms. The van der Waals surface area contributed by atoms with Crippen LogP contribution in [0.2, 0.25) is 0 Å². The molecule has 0 spiro atoms. The van der Waals surface area contributed by atoms with Crippen molar-refractivity contribution in [2.45, 2.75) is 51.5 Å². The topological polar surface area (TPSA) is 23.5 Å². The number of hydroxylamine groups is 2. The van der Waals surface area contributed by atoms with Gasteiger partial charge in [-0.15, -0.1) is 0 Å². The third-order valence-corrected chi connectivity index (χ3v) is 5.14. The van der Waals surface area contributed by atoms with Gasteiger partial charge in [0.15, 0.2) is 0 Å². The number of rotatable bonds is 4. The van der Waals surface area contributed by atoms with Gasteiger partial charge in [0.1, 0.15) is 4.99 Å². The van der Waals surface area contributed by atoms with E-state index in [1.807, 2.05) is 0 Å². The zero-order valence-corrected chi connectivity index (χ0v) is 15.1. The van der Waals surface area contributed by atoms with Gasteiger partial charge in [0.05, 0.1) is 6.04 Å². The maximum absolute atomic E-state index is 10.4. The Bertz CT molecular complexity index is 706. The lowest BCUT2D eigenvalue weighted by molar-refractivity contribution is -0.0628. The van der Waals surface area contributed by atoms with Crippen molar-refractivity contribution in [2.24, 2.45) is 0 Å². The standard InChI is InChI=1S/C21H25NOS/c1-16-7-5-9-18(13-16)19-10-6-8-17(14-19)15-21(24)22(23)20-11-3-2-4-12-20/h5-10,13-14,20,23H,2-4,11-12,15H2,1H3. The first-order valence-electron chi connectivity index (χ1n) is 8.80. The van der Waals surface area contributed by atoms with Crippen molar-refractivity contribution in [1.29, 1.82) is 0 Å². The van der Waals surface area contributed by atoms with Crippen LogP contribution in [0.3, 0.4) is 0 Å². The van der Waals surface area contributed by atoms with E-state index >= 15 is 0 Å². The van der Waals surface area contributed by atoms with Crippen molar-refractivity contribution < 1.29 is 5.21 Å². The van der Waals surface area contributed by atoms with E-state index in [4.69, 9.17) is 12.2 Å². The maximum Gasteiger partial charge on any atom is 0.108 e. The number of hydrogen-bond acceptors (Lipinski definition) is 2. The smallest absolute Gasteiger partial charge is 0.108 e. The first-order valence-corrected chi connectivity index (χ1v) is 9.21. The molecule has 1 aliphatic carbocycles. The van der Waals surface area contributed by atoms with Crippen LogP contribution in [0.1, 0.15) is 43.2 Å². The lowest BCUT2D eigenvalue weighted by atomic mass is 9.95. The van der Waals surface area contributed by atoms with Gasteiger partial charge in [0.25, 0.3) is 0 Å². The van der Waals surface area contributed by atoms with Crippen molar-refractivity contribution in [2.75, 3.05) is 0 Å².